The first-order chi connectivity index (χ1) is 4.05. The molecule has 1 fully saturated rings. The topological polar surface area (TPSA) is 54.4 Å². The van der Waals surface area contributed by atoms with Gasteiger partial charge in [-0.2, -0.15) is 0 Å². The van der Waals surface area contributed by atoms with Crippen LogP contribution in [-0.2, 0) is 9.84 Å². The Morgan fingerprint density at radius 2 is 2.22 bits per heavy atom. The molecule has 0 aromatic heterocycles. The quantitative estimate of drug-likeness (QED) is 0.572. The Labute approximate surface area is 54.6 Å². The fourth-order valence-corrected chi connectivity index (χ4v) is 2.32. The second kappa shape index (κ2) is 1.95. The predicted octanol–water partition coefficient (Wildman–Crippen LogP) is -0.588. The minimum atomic E-state index is -2.85. The second-order valence-electron chi connectivity index (χ2n) is 2.55. The Hall–Kier alpha value is -0.0900. The zero-order valence-electron chi connectivity index (χ0n) is 5.24. The van der Waals surface area contributed by atoms with Gasteiger partial charge >= 0.3 is 0 Å². The normalized spacial score (nSPS) is 34.4. The molecule has 0 bridgehead atoms. The number of aliphatic hydroxyl groups excluding tert-OH is 1. The van der Waals surface area contributed by atoms with Gasteiger partial charge < -0.3 is 5.11 Å². The van der Waals surface area contributed by atoms with Crippen LogP contribution in [0.2, 0.25) is 0 Å². The molecule has 0 heterocycles. The van der Waals surface area contributed by atoms with Gasteiger partial charge in [0, 0.05) is 12.9 Å². The van der Waals surface area contributed by atoms with E-state index in [2.05, 4.69) is 0 Å². The van der Waals surface area contributed by atoms with Crippen LogP contribution >= 0.6 is 0 Å². The first-order valence-corrected chi connectivity index (χ1v) is 4.81. The average Bonchev–Trinajstić information content (AvgIpc) is 2.39. The molecule has 0 aromatic carbocycles. The Morgan fingerprint density at radius 3 is 2.33 bits per heavy atom. The molecule has 54 valence electrons. The third-order valence-electron chi connectivity index (χ3n) is 1.64. The molecule has 1 aliphatic rings. The van der Waals surface area contributed by atoms with E-state index in [9.17, 15) is 8.42 Å². The summed E-state index contributed by atoms with van der Waals surface area (Å²) in [4.78, 5) is 0. The standard InChI is InChI=1S/C5H10O3S/c1-9(7,8)5-2-4(5)3-6/h4-6H,2-3H2,1H3/t4-,5+/m1/s1. The number of hydrogen-bond donors (Lipinski definition) is 1. The number of rotatable bonds is 2. The van der Waals surface area contributed by atoms with E-state index < -0.39 is 9.84 Å². The Morgan fingerprint density at radius 1 is 1.67 bits per heavy atom. The lowest BCUT2D eigenvalue weighted by Crippen LogP contribution is -2.06. The van der Waals surface area contributed by atoms with E-state index in [0.717, 1.165) is 0 Å². The first-order valence-electron chi connectivity index (χ1n) is 2.85. The minimum absolute atomic E-state index is 0.0116. The van der Waals surface area contributed by atoms with Gasteiger partial charge in [0.1, 0.15) is 0 Å². The van der Waals surface area contributed by atoms with Gasteiger partial charge in [0.15, 0.2) is 9.84 Å². The first kappa shape index (κ1) is 7.02. The molecule has 0 unspecified atom stereocenters. The maximum absolute atomic E-state index is 10.7. The van der Waals surface area contributed by atoms with Crippen molar-refractivity contribution in [3.05, 3.63) is 0 Å². The van der Waals surface area contributed by atoms with Crippen molar-refractivity contribution in [3.63, 3.8) is 0 Å². The van der Waals surface area contributed by atoms with Crippen molar-refractivity contribution in [1.29, 1.82) is 0 Å². The van der Waals surface area contributed by atoms with Crippen LogP contribution in [0.25, 0.3) is 0 Å². The Balaban J connectivity index is 2.53. The van der Waals surface area contributed by atoms with E-state index in [-0.39, 0.29) is 17.8 Å². The highest BCUT2D eigenvalue weighted by Crippen LogP contribution is 2.35. The predicted molar refractivity (Wildman–Crippen MR) is 33.8 cm³/mol. The molecule has 1 aliphatic carbocycles. The van der Waals surface area contributed by atoms with Gasteiger partial charge in [-0.3, -0.25) is 0 Å². The summed E-state index contributed by atoms with van der Waals surface area (Å²) >= 11 is 0. The van der Waals surface area contributed by atoms with Gasteiger partial charge in [0.25, 0.3) is 0 Å². The highest BCUT2D eigenvalue weighted by Gasteiger charge is 2.44. The second-order valence-corrected chi connectivity index (χ2v) is 4.81. The minimum Gasteiger partial charge on any atom is -0.396 e. The van der Waals surface area contributed by atoms with Crippen molar-refractivity contribution in [2.24, 2.45) is 5.92 Å². The molecule has 0 amide bonds. The molecule has 1 N–H and O–H groups in total. The molecule has 0 saturated heterocycles. The highest BCUT2D eigenvalue weighted by molar-refractivity contribution is 7.91. The summed E-state index contributed by atoms with van der Waals surface area (Å²) in [6.07, 6.45) is 1.86. The van der Waals surface area contributed by atoms with Gasteiger partial charge in [-0.05, 0) is 12.3 Å². The lowest BCUT2D eigenvalue weighted by Gasteiger charge is -1.90. The third-order valence-corrected chi connectivity index (χ3v) is 3.32. The lowest BCUT2D eigenvalue weighted by molar-refractivity contribution is 0.277. The van der Waals surface area contributed by atoms with Crippen molar-refractivity contribution < 1.29 is 13.5 Å². The van der Waals surface area contributed by atoms with E-state index in [1.807, 2.05) is 0 Å². The van der Waals surface area contributed by atoms with Gasteiger partial charge in [-0.1, -0.05) is 0 Å². The van der Waals surface area contributed by atoms with Gasteiger partial charge in [-0.25, -0.2) is 8.42 Å². The summed E-state index contributed by atoms with van der Waals surface area (Å²) in [6.45, 7) is 0.0116. The molecular weight excluding hydrogens is 140 g/mol. The fraction of sp³-hybridized carbons (Fsp3) is 1.00. The summed E-state index contributed by atoms with van der Waals surface area (Å²) < 4.78 is 21.3. The summed E-state index contributed by atoms with van der Waals surface area (Å²) in [5.74, 6) is 0.0278. The maximum Gasteiger partial charge on any atom is 0.150 e. The third kappa shape index (κ3) is 1.43. The van der Waals surface area contributed by atoms with E-state index in [4.69, 9.17) is 5.11 Å². The van der Waals surface area contributed by atoms with Crippen LogP contribution in [0, 0.1) is 5.92 Å². The molecule has 0 spiro atoms. The molecule has 0 aliphatic heterocycles. The summed E-state index contributed by atoms with van der Waals surface area (Å²) in [5.41, 5.74) is 0. The van der Waals surface area contributed by atoms with Crippen LogP contribution < -0.4 is 0 Å². The summed E-state index contributed by atoms with van der Waals surface area (Å²) in [6, 6.07) is 0. The number of sulfone groups is 1. The lowest BCUT2D eigenvalue weighted by atomic mass is 10.5. The van der Waals surface area contributed by atoms with E-state index in [1.54, 1.807) is 0 Å². The summed E-state index contributed by atoms with van der Waals surface area (Å²) in [5, 5.41) is 8.23. The zero-order valence-corrected chi connectivity index (χ0v) is 6.06. The zero-order chi connectivity index (χ0) is 7.07. The van der Waals surface area contributed by atoms with Gasteiger partial charge in [0.2, 0.25) is 0 Å². The van der Waals surface area contributed by atoms with Crippen molar-refractivity contribution in [2.75, 3.05) is 12.9 Å². The summed E-state index contributed by atoms with van der Waals surface area (Å²) in [7, 11) is -2.85. The largest absolute Gasteiger partial charge is 0.396 e. The average molecular weight is 150 g/mol. The Bertz CT molecular complexity index is 194. The van der Waals surface area contributed by atoms with Crippen LogP contribution in [0.15, 0.2) is 0 Å². The molecule has 3 nitrogen and oxygen atoms in total. The molecule has 4 heteroatoms. The fourth-order valence-electron chi connectivity index (χ4n) is 0.936. The molecule has 9 heavy (non-hydrogen) atoms. The van der Waals surface area contributed by atoms with Crippen molar-refractivity contribution in [1.82, 2.24) is 0 Å². The van der Waals surface area contributed by atoms with Crippen molar-refractivity contribution in [3.8, 4) is 0 Å². The van der Waals surface area contributed by atoms with Crippen LogP contribution in [0.3, 0.4) is 0 Å². The molecule has 2 atom stereocenters. The molecule has 1 saturated carbocycles. The van der Waals surface area contributed by atoms with E-state index in [1.165, 1.54) is 6.26 Å². The molecule has 0 aromatic rings. The molecular formula is C5H10O3S. The maximum atomic E-state index is 10.7. The Kier molecular flexibility index (Phi) is 1.52. The molecule has 1 rings (SSSR count). The van der Waals surface area contributed by atoms with E-state index >= 15 is 0 Å². The van der Waals surface area contributed by atoms with Crippen molar-refractivity contribution in [2.45, 2.75) is 11.7 Å². The van der Waals surface area contributed by atoms with Crippen LogP contribution in [0.1, 0.15) is 6.42 Å². The van der Waals surface area contributed by atoms with Gasteiger partial charge in [0.05, 0.1) is 5.25 Å². The highest BCUT2D eigenvalue weighted by atomic mass is 32.2. The van der Waals surface area contributed by atoms with Crippen LogP contribution in [-0.4, -0.2) is 31.6 Å². The smallest absolute Gasteiger partial charge is 0.150 e. The van der Waals surface area contributed by atoms with Gasteiger partial charge in [-0.15, -0.1) is 0 Å². The van der Waals surface area contributed by atoms with Crippen LogP contribution in [0.5, 0.6) is 0 Å². The monoisotopic (exact) mass is 150 g/mol. The number of aliphatic hydroxyl groups is 1. The molecule has 0 radical (unpaired) electrons. The SMILES string of the molecule is CS(=O)(=O)[C@H]1C[C@@H]1CO. The number of hydrogen-bond acceptors (Lipinski definition) is 3. The van der Waals surface area contributed by atoms with E-state index in [0.29, 0.717) is 6.42 Å². The van der Waals surface area contributed by atoms with Crippen molar-refractivity contribution >= 4 is 9.84 Å². The van der Waals surface area contributed by atoms with Crippen LogP contribution in [0.4, 0.5) is 0 Å².